The van der Waals surface area contributed by atoms with Gasteiger partial charge < -0.3 is 20.1 Å². The van der Waals surface area contributed by atoms with Crippen LogP contribution in [-0.2, 0) is 11.2 Å². The van der Waals surface area contributed by atoms with Crippen molar-refractivity contribution in [3.8, 4) is 6.07 Å². The van der Waals surface area contributed by atoms with Crippen molar-refractivity contribution in [3.05, 3.63) is 28.8 Å². The summed E-state index contributed by atoms with van der Waals surface area (Å²) in [5, 5.41) is 21.0. The van der Waals surface area contributed by atoms with Crippen LogP contribution in [-0.4, -0.2) is 49.3 Å². The number of carbonyl (C=O) groups is 2. The summed E-state index contributed by atoms with van der Waals surface area (Å²) in [6.45, 7) is 5.04. The Kier molecular flexibility index (Phi) is 6.37. The average molecular weight is 345 g/mol. The number of ketones is 1. The van der Waals surface area contributed by atoms with E-state index in [1.165, 1.54) is 0 Å². The normalized spacial score (nSPS) is 13.8. The number of amides is 1. The van der Waals surface area contributed by atoms with E-state index in [0.717, 1.165) is 24.2 Å². The largest absolute Gasteiger partial charge is 0.450 e. The van der Waals surface area contributed by atoms with Crippen molar-refractivity contribution in [3.63, 3.8) is 0 Å². The van der Waals surface area contributed by atoms with Gasteiger partial charge in [-0.3, -0.25) is 4.79 Å². The zero-order valence-electron chi connectivity index (χ0n) is 14.5. The molecule has 7 heteroatoms. The average Bonchev–Trinajstić information content (AvgIpc) is 3.01. The summed E-state index contributed by atoms with van der Waals surface area (Å²) < 4.78 is 4.79. The van der Waals surface area contributed by atoms with E-state index in [2.05, 4.69) is 16.3 Å². The van der Waals surface area contributed by atoms with Crippen molar-refractivity contribution in [1.82, 2.24) is 5.32 Å². The highest BCUT2D eigenvalue weighted by Gasteiger charge is 2.26. The lowest BCUT2D eigenvalue weighted by Crippen LogP contribution is -2.39. The number of nitriles is 1. The number of carbonyl (C=O) groups excluding carboxylic acids is 2. The fraction of sp³-hybridized carbons (Fsp3) is 0.500. The zero-order chi connectivity index (χ0) is 18.4. The lowest BCUT2D eigenvalue weighted by molar-refractivity contribution is 0.0933. The molecule has 0 bridgehead atoms. The molecule has 0 radical (unpaired) electrons. The summed E-state index contributed by atoms with van der Waals surface area (Å²) in [6.07, 6.45) is 0.738. The Hall–Kier alpha value is -2.59. The number of alkyl carbamates (subject to hydrolysis) is 1. The molecule has 0 saturated carbocycles. The minimum absolute atomic E-state index is 0.0985. The van der Waals surface area contributed by atoms with Gasteiger partial charge in [-0.2, -0.15) is 5.26 Å². The molecule has 25 heavy (non-hydrogen) atoms. The number of rotatable bonds is 7. The molecule has 1 amide bonds. The minimum atomic E-state index is -0.740. The maximum Gasteiger partial charge on any atom is 0.407 e. The highest BCUT2D eigenvalue weighted by molar-refractivity contribution is 6.02. The van der Waals surface area contributed by atoms with E-state index in [4.69, 9.17) is 9.84 Å². The number of hydrogen-bond donors (Lipinski definition) is 2. The maximum atomic E-state index is 12.6. The van der Waals surface area contributed by atoms with Crippen molar-refractivity contribution >= 4 is 17.6 Å². The molecule has 1 aromatic rings. The van der Waals surface area contributed by atoms with Gasteiger partial charge in [0.25, 0.3) is 0 Å². The number of hydrogen-bond acceptors (Lipinski definition) is 6. The third kappa shape index (κ3) is 4.28. The van der Waals surface area contributed by atoms with Gasteiger partial charge in [-0.1, -0.05) is 0 Å². The van der Waals surface area contributed by atoms with Crippen molar-refractivity contribution in [1.29, 1.82) is 5.26 Å². The minimum Gasteiger partial charge on any atom is -0.450 e. The fourth-order valence-electron chi connectivity index (χ4n) is 3.00. The van der Waals surface area contributed by atoms with Gasteiger partial charge in [-0.15, -0.1) is 0 Å². The Balaban J connectivity index is 2.22. The van der Waals surface area contributed by atoms with E-state index < -0.39 is 12.1 Å². The number of Topliss-reactive ketones (excluding diaryl/α,β-unsaturated/α-hetero) is 1. The standard InChI is InChI=1S/C18H23N3O4/c1-3-25-18(24)20-12(2)17(23)14-9-13-5-7-21(6-4-8-22)16(13)15(10-14)11-19/h9-10,12,22H,3-8H2,1-2H3,(H,20,24)/t12-/m1/s1. The van der Waals surface area contributed by atoms with Crippen LogP contribution >= 0.6 is 0 Å². The van der Waals surface area contributed by atoms with Gasteiger partial charge >= 0.3 is 6.09 Å². The number of ether oxygens (including phenoxy) is 1. The van der Waals surface area contributed by atoms with Crippen molar-refractivity contribution in [2.45, 2.75) is 32.7 Å². The SMILES string of the molecule is CCOC(=O)N[C@H](C)C(=O)c1cc(C#N)c2c(c1)CCN2CCCO. The van der Waals surface area contributed by atoms with E-state index in [1.807, 2.05) is 0 Å². The quantitative estimate of drug-likeness (QED) is 0.728. The molecule has 0 unspecified atom stereocenters. The predicted octanol–water partition coefficient (Wildman–Crippen LogP) is 1.62. The molecule has 0 aromatic heterocycles. The molecule has 0 spiro atoms. The van der Waals surface area contributed by atoms with Crippen LogP contribution in [0.25, 0.3) is 0 Å². The zero-order valence-corrected chi connectivity index (χ0v) is 14.5. The van der Waals surface area contributed by atoms with Crippen molar-refractivity contribution in [2.75, 3.05) is 31.2 Å². The van der Waals surface area contributed by atoms with Crippen LogP contribution in [0.5, 0.6) is 0 Å². The summed E-state index contributed by atoms with van der Waals surface area (Å²) in [5.74, 6) is -0.263. The number of nitrogens with one attached hydrogen (secondary N) is 1. The highest BCUT2D eigenvalue weighted by atomic mass is 16.5. The molecular formula is C18H23N3O4. The summed E-state index contributed by atoms with van der Waals surface area (Å²) >= 11 is 0. The first-order valence-electron chi connectivity index (χ1n) is 8.42. The van der Waals surface area contributed by atoms with Crippen LogP contribution in [0.3, 0.4) is 0 Å². The van der Waals surface area contributed by atoms with E-state index in [0.29, 0.717) is 24.1 Å². The van der Waals surface area contributed by atoms with E-state index in [9.17, 15) is 14.9 Å². The van der Waals surface area contributed by atoms with E-state index in [-0.39, 0.29) is 19.0 Å². The summed E-state index contributed by atoms with van der Waals surface area (Å²) in [6, 6.07) is 4.78. The second kappa shape index (κ2) is 8.49. The van der Waals surface area contributed by atoms with Gasteiger partial charge in [0.2, 0.25) is 0 Å². The summed E-state index contributed by atoms with van der Waals surface area (Å²) in [5.41, 5.74) is 2.64. The predicted molar refractivity (Wildman–Crippen MR) is 92.7 cm³/mol. The number of aliphatic hydroxyl groups excluding tert-OH is 1. The third-order valence-corrected chi connectivity index (χ3v) is 4.15. The van der Waals surface area contributed by atoms with Crippen LogP contribution in [0.1, 0.15) is 41.8 Å². The van der Waals surface area contributed by atoms with Gasteiger partial charge in [-0.25, -0.2) is 4.79 Å². The fourth-order valence-corrected chi connectivity index (χ4v) is 3.00. The van der Waals surface area contributed by atoms with Gasteiger partial charge in [0.15, 0.2) is 5.78 Å². The number of nitrogens with zero attached hydrogens (tertiary/aromatic N) is 2. The molecule has 1 aromatic carbocycles. The molecule has 0 aliphatic carbocycles. The molecule has 1 aliphatic rings. The van der Waals surface area contributed by atoms with E-state index in [1.54, 1.807) is 26.0 Å². The van der Waals surface area contributed by atoms with Crippen LogP contribution in [0, 0.1) is 11.3 Å². The second-order valence-electron chi connectivity index (χ2n) is 5.91. The maximum absolute atomic E-state index is 12.6. The molecule has 1 aliphatic heterocycles. The highest BCUT2D eigenvalue weighted by Crippen LogP contribution is 2.33. The molecule has 2 rings (SSSR count). The van der Waals surface area contributed by atoms with Gasteiger partial charge in [0, 0.05) is 25.3 Å². The van der Waals surface area contributed by atoms with Crippen LogP contribution in [0.15, 0.2) is 12.1 Å². The lowest BCUT2D eigenvalue weighted by atomic mass is 9.98. The topological polar surface area (TPSA) is 103 Å². The monoisotopic (exact) mass is 345 g/mol. The Morgan fingerprint density at radius 3 is 2.88 bits per heavy atom. The molecule has 134 valence electrons. The lowest BCUT2D eigenvalue weighted by Gasteiger charge is -2.20. The first-order chi connectivity index (χ1) is 12.0. The first-order valence-corrected chi connectivity index (χ1v) is 8.42. The van der Waals surface area contributed by atoms with Gasteiger partial charge in [-0.05, 0) is 44.4 Å². The van der Waals surface area contributed by atoms with Crippen molar-refractivity contribution < 1.29 is 19.4 Å². The van der Waals surface area contributed by atoms with Gasteiger partial charge in [0.05, 0.1) is 23.9 Å². The molecule has 7 nitrogen and oxygen atoms in total. The number of fused-ring (bicyclic) bond motifs is 1. The summed E-state index contributed by atoms with van der Waals surface area (Å²) in [7, 11) is 0. The van der Waals surface area contributed by atoms with Crippen LogP contribution in [0.2, 0.25) is 0 Å². The number of anilines is 1. The number of aliphatic hydroxyl groups is 1. The Morgan fingerprint density at radius 2 is 2.24 bits per heavy atom. The first kappa shape index (κ1) is 18.7. The Labute approximate surface area is 147 Å². The molecular weight excluding hydrogens is 322 g/mol. The Morgan fingerprint density at radius 1 is 1.48 bits per heavy atom. The molecule has 1 heterocycles. The molecule has 1 atom stereocenters. The van der Waals surface area contributed by atoms with E-state index >= 15 is 0 Å². The van der Waals surface area contributed by atoms with Crippen LogP contribution in [0.4, 0.5) is 10.5 Å². The smallest absolute Gasteiger partial charge is 0.407 e. The molecule has 0 fully saturated rings. The van der Waals surface area contributed by atoms with Crippen LogP contribution < -0.4 is 10.2 Å². The second-order valence-corrected chi connectivity index (χ2v) is 5.91. The van der Waals surface area contributed by atoms with Gasteiger partial charge in [0.1, 0.15) is 6.07 Å². The molecule has 0 saturated heterocycles. The molecule has 2 N–H and O–H groups in total. The number of benzene rings is 1. The Bertz CT molecular complexity index is 696. The summed E-state index contributed by atoms with van der Waals surface area (Å²) in [4.78, 5) is 26.1. The van der Waals surface area contributed by atoms with Crippen molar-refractivity contribution in [2.24, 2.45) is 0 Å². The third-order valence-electron chi connectivity index (χ3n) is 4.15.